The Labute approximate surface area is 139 Å². The molecule has 7 heteroatoms. The SMILES string of the molecule is O=c1c(=Cc2ccncc2)sc2nc(-c3ccc(Cl)cc3)nn12. The van der Waals surface area contributed by atoms with Gasteiger partial charge in [-0.1, -0.05) is 22.9 Å². The van der Waals surface area contributed by atoms with Gasteiger partial charge in [-0.15, -0.1) is 5.10 Å². The van der Waals surface area contributed by atoms with Crippen molar-refractivity contribution in [3.05, 3.63) is 74.3 Å². The van der Waals surface area contributed by atoms with Crippen LogP contribution in [-0.4, -0.2) is 19.6 Å². The summed E-state index contributed by atoms with van der Waals surface area (Å²) in [6, 6.07) is 10.9. The summed E-state index contributed by atoms with van der Waals surface area (Å²) in [6.45, 7) is 0. The van der Waals surface area contributed by atoms with Crippen LogP contribution in [0.1, 0.15) is 5.56 Å². The van der Waals surface area contributed by atoms with Gasteiger partial charge in [0.2, 0.25) is 4.96 Å². The molecule has 112 valence electrons. The van der Waals surface area contributed by atoms with Crippen molar-refractivity contribution in [1.29, 1.82) is 0 Å². The molecule has 5 nitrogen and oxygen atoms in total. The lowest BCUT2D eigenvalue weighted by molar-refractivity contribution is 0.937. The van der Waals surface area contributed by atoms with Gasteiger partial charge in [0, 0.05) is 23.0 Å². The third kappa shape index (κ3) is 2.62. The third-order valence-corrected chi connectivity index (χ3v) is 4.50. The molecule has 3 heterocycles. The van der Waals surface area contributed by atoms with Gasteiger partial charge < -0.3 is 0 Å². The van der Waals surface area contributed by atoms with Gasteiger partial charge in [-0.2, -0.15) is 9.50 Å². The summed E-state index contributed by atoms with van der Waals surface area (Å²) in [7, 11) is 0. The maximum Gasteiger partial charge on any atom is 0.291 e. The van der Waals surface area contributed by atoms with Crippen molar-refractivity contribution in [2.45, 2.75) is 0 Å². The minimum atomic E-state index is -0.172. The lowest BCUT2D eigenvalue weighted by Gasteiger charge is -1.93. The zero-order valence-electron chi connectivity index (χ0n) is 11.7. The molecule has 0 fully saturated rings. The first-order chi connectivity index (χ1) is 11.2. The summed E-state index contributed by atoms with van der Waals surface area (Å²) in [5.74, 6) is 0.514. The molecule has 0 spiro atoms. The van der Waals surface area contributed by atoms with Gasteiger partial charge in [0.25, 0.3) is 5.56 Å². The molecule has 4 rings (SSSR count). The van der Waals surface area contributed by atoms with E-state index in [4.69, 9.17) is 11.6 Å². The molecule has 0 bridgehead atoms. The van der Waals surface area contributed by atoms with E-state index >= 15 is 0 Å². The molecule has 0 N–H and O–H groups in total. The maximum absolute atomic E-state index is 12.4. The number of hydrogen-bond donors (Lipinski definition) is 0. The molecule has 0 radical (unpaired) electrons. The van der Waals surface area contributed by atoms with Crippen LogP contribution in [0.5, 0.6) is 0 Å². The second-order valence-electron chi connectivity index (χ2n) is 4.83. The van der Waals surface area contributed by atoms with Crippen LogP contribution in [0.25, 0.3) is 22.4 Å². The molecule has 0 atom stereocenters. The Morgan fingerprint density at radius 3 is 2.52 bits per heavy atom. The molecular weight excluding hydrogens is 332 g/mol. The lowest BCUT2D eigenvalue weighted by Crippen LogP contribution is -2.23. The fraction of sp³-hybridized carbons (Fsp3) is 0. The number of aromatic nitrogens is 4. The van der Waals surface area contributed by atoms with E-state index in [0.29, 0.717) is 20.3 Å². The van der Waals surface area contributed by atoms with Gasteiger partial charge in [-0.05, 0) is 48.0 Å². The summed E-state index contributed by atoms with van der Waals surface area (Å²) in [6.07, 6.45) is 5.19. The Kier molecular flexibility index (Phi) is 3.40. The average molecular weight is 341 g/mol. The monoisotopic (exact) mass is 340 g/mol. The molecule has 0 aliphatic carbocycles. The average Bonchev–Trinajstić information content (AvgIpc) is 3.10. The predicted octanol–water partition coefficient (Wildman–Crippen LogP) is 2.41. The van der Waals surface area contributed by atoms with Gasteiger partial charge in [0.1, 0.15) is 0 Å². The Bertz CT molecular complexity index is 1090. The molecule has 1 aromatic carbocycles. The van der Waals surface area contributed by atoms with Crippen molar-refractivity contribution in [3.8, 4) is 11.4 Å². The standard InChI is InChI=1S/C16H9ClN4OS/c17-12-3-1-11(2-4-12)14-19-16-21(20-14)15(22)13(23-16)9-10-5-7-18-8-6-10/h1-9H. The highest BCUT2D eigenvalue weighted by atomic mass is 35.5. The molecule has 23 heavy (non-hydrogen) atoms. The van der Waals surface area contributed by atoms with Crippen molar-refractivity contribution < 1.29 is 0 Å². The predicted molar refractivity (Wildman–Crippen MR) is 90.6 cm³/mol. The summed E-state index contributed by atoms with van der Waals surface area (Å²) in [5.41, 5.74) is 1.57. The van der Waals surface area contributed by atoms with E-state index in [2.05, 4.69) is 15.1 Å². The number of nitrogens with zero attached hydrogens (tertiary/aromatic N) is 4. The summed E-state index contributed by atoms with van der Waals surface area (Å²) in [4.78, 5) is 21.4. The van der Waals surface area contributed by atoms with Crippen molar-refractivity contribution in [1.82, 2.24) is 19.6 Å². The first kappa shape index (κ1) is 14.0. The van der Waals surface area contributed by atoms with Crippen molar-refractivity contribution in [3.63, 3.8) is 0 Å². The highest BCUT2D eigenvalue weighted by Gasteiger charge is 2.11. The normalized spacial score (nSPS) is 12.1. The summed E-state index contributed by atoms with van der Waals surface area (Å²) < 4.78 is 1.93. The molecule has 0 aliphatic heterocycles. The number of benzene rings is 1. The van der Waals surface area contributed by atoms with E-state index < -0.39 is 0 Å². The van der Waals surface area contributed by atoms with Gasteiger partial charge in [0.15, 0.2) is 5.82 Å². The number of thiazole rings is 1. The zero-order chi connectivity index (χ0) is 15.8. The first-order valence-electron chi connectivity index (χ1n) is 6.78. The molecule has 4 aromatic rings. The van der Waals surface area contributed by atoms with Crippen molar-refractivity contribution in [2.24, 2.45) is 0 Å². The molecule has 0 unspecified atom stereocenters. The van der Waals surface area contributed by atoms with E-state index in [1.807, 2.05) is 30.3 Å². The highest BCUT2D eigenvalue weighted by Crippen LogP contribution is 2.19. The van der Waals surface area contributed by atoms with Crippen LogP contribution in [0, 0.1) is 0 Å². The Hall–Kier alpha value is -2.57. The fourth-order valence-corrected chi connectivity index (χ4v) is 3.20. The van der Waals surface area contributed by atoms with Crippen LogP contribution in [-0.2, 0) is 0 Å². The van der Waals surface area contributed by atoms with Gasteiger partial charge in [-0.3, -0.25) is 9.78 Å². The molecule has 3 aromatic heterocycles. The van der Waals surface area contributed by atoms with Gasteiger partial charge in [0.05, 0.1) is 4.53 Å². The Balaban J connectivity index is 1.82. The van der Waals surface area contributed by atoms with Crippen molar-refractivity contribution >= 4 is 34.0 Å². The number of halogens is 1. The number of pyridine rings is 1. The molecule has 0 amide bonds. The van der Waals surface area contributed by atoms with Crippen LogP contribution >= 0.6 is 22.9 Å². The van der Waals surface area contributed by atoms with E-state index in [0.717, 1.165) is 11.1 Å². The largest absolute Gasteiger partial charge is 0.291 e. The molecule has 0 saturated carbocycles. The molecule has 0 saturated heterocycles. The topological polar surface area (TPSA) is 60.2 Å². The van der Waals surface area contributed by atoms with E-state index in [1.54, 1.807) is 24.5 Å². The number of rotatable bonds is 2. The zero-order valence-corrected chi connectivity index (χ0v) is 13.3. The third-order valence-electron chi connectivity index (χ3n) is 3.29. The Morgan fingerprint density at radius 1 is 1.09 bits per heavy atom. The first-order valence-corrected chi connectivity index (χ1v) is 7.97. The van der Waals surface area contributed by atoms with Crippen LogP contribution in [0.3, 0.4) is 0 Å². The fourth-order valence-electron chi connectivity index (χ4n) is 2.17. The van der Waals surface area contributed by atoms with Crippen LogP contribution < -0.4 is 10.1 Å². The summed E-state index contributed by atoms with van der Waals surface area (Å²) in [5, 5.41) is 4.95. The second kappa shape index (κ2) is 5.57. The highest BCUT2D eigenvalue weighted by molar-refractivity contribution is 7.15. The second-order valence-corrected chi connectivity index (χ2v) is 6.28. The van der Waals surface area contributed by atoms with Gasteiger partial charge in [-0.25, -0.2) is 0 Å². The maximum atomic E-state index is 12.4. The van der Waals surface area contributed by atoms with Crippen LogP contribution in [0.4, 0.5) is 0 Å². The van der Waals surface area contributed by atoms with Gasteiger partial charge >= 0.3 is 0 Å². The molecule has 0 aliphatic rings. The van der Waals surface area contributed by atoms with E-state index in [9.17, 15) is 4.79 Å². The minimum absolute atomic E-state index is 0.172. The quantitative estimate of drug-likeness (QED) is 0.562. The van der Waals surface area contributed by atoms with E-state index in [1.165, 1.54) is 15.9 Å². The van der Waals surface area contributed by atoms with Crippen LogP contribution in [0.15, 0.2) is 53.6 Å². The number of fused-ring (bicyclic) bond motifs is 1. The lowest BCUT2D eigenvalue weighted by atomic mass is 10.2. The minimum Gasteiger partial charge on any atom is -0.266 e. The Morgan fingerprint density at radius 2 is 1.83 bits per heavy atom. The number of hydrogen-bond acceptors (Lipinski definition) is 5. The summed E-state index contributed by atoms with van der Waals surface area (Å²) >= 11 is 7.19. The van der Waals surface area contributed by atoms with E-state index in [-0.39, 0.29) is 5.56 Å². The van der Waals surface area contributed by atoms with Crippen molar-refractivity contribution in [2.75, 3.05) is 0 Å². The van der Waals surface area contributed by atoms with Crippen LogP contribution in [0.2, 0.25) is 5.02 Å². The smallest absolute Gasteiger partial charge is 0.266 e. The molecular formula is C16H9ClN4OS.